The van der Waals surface area contributed by atoms with Gasteiger partial charge in [-0.15, -0.1) is 0 Å². The van der Waals surface area contributed by atoms with Crippen molar-refractivity contribution in [2.75, 3.05) is 18.8 Å². The van der Waals surface area contributed by atoms with E-state index in [9.17, 15) is 24.0 Å². The Morgan fingerprint density at radius 2 is 1.93 bits per heavy atom. The summed E-state index contributed by atoms with van der Waals surface area (Å²) in [5.41, 5.74) is 10.7. The molecule has 1 aliphatic heterocycles. The van der Waals surface area contributed by atoms with Crippen molar-refractivity contribution in [3.63, 3.8) is 0 Å². The van der Waals surface area contributed by atoms with Gasteiger partial charge in [0.25, 0.3) is 0 Å². The van der Waals surface area contributed by atoms with Crippen LogP contribution in [0.4, 0.5) is 0 Å². The number of hydrogen-bond acceptors (Lipinski definition) is 7. The molecule has 0 aliphatic carbocycles. The standard InChI is InChI=1S/C15H25N5O6S/c16-8(3-4-11(17)21)13(24)19-9(7-27)15(26)20-5-1-2-10(20)14(25)18-6-12(22)23/h8-10,27H,1-7,16H2,(H2,17,21)(H,18,25)(H,19,24)(H,22,23). The third-order valence-electron chi connectivity index (χ3n) is 4.09. The summed E-state index contributed by atoms with van der Waals surface area (Å²) in [4.78, 5) is 59.6. The molecular weight excluding hydrogens is 378 g/mol. The summed E-state index contributed by atoms with van der Waals surface area (Å²) in [5, 5.41) is 13.4. The van der Waals surface area contributed by atoms with E-state index in [0.29, 0.717) is 19.4 Å². The van der Waals surface area contributed by atoms with Crippen LogP contribution in [0.15, 0.2) is 0 Å². The summed E-state index contributed by atoms with van der Waals surface area (Å²) < 4.78 is 0. The zero-order valence-electron chi connectivity index (χ0n) is 14.7. The molecule has 1 fully saturated rings. The van der Waals surface area contributed by atoms with Crippen LogP contribution in [-0.4, -0.2) is 76.6 Å². The average molecular weight is 403 g/mol. The minimum Gasteiger partial charge on any atom is -0.480 e. The number of aliphatic carboxylic acids is 1. The van der Waals surface area contributed by atoms with Gasteiger partial charge in [-0.05, 0) is 19.3 Å². The maximum absolute atomic E-state index is 12.7. The van der Waals surface area contributed by atoms with Crippen LogP contribution in [0.1, 0.15) is 25.7 Å². The number of amides is 4. The van der Waals surface area contributed by atoms with Gasteiger partial charge >= 0.3 is 5.97 Å². The lowest BCUT2D eigenvalue weighted by atomic mass is 10.1. The molecule has 0 saturated carbocycles. The number of nitrogens with two attached hydrogens (primary N) is 2. The van der Waals surface area contributed by atoms with Crippen molar-refractivity contribution in [3.8, 4) is 0 Å². The highest BCUT2D eigenvalue weighted by atomic mass is 32.1. The normalized spacial score (nSPS) is 18.4. The Labute approximate surface area is 161 Å². The quantitative estimate of drug-likeness (QED) is 0.212. The zero-order chi connectivity index (χ0) is 20.6. The highest BCUT2D eigenvalue weighted by molar-refractivity contribution is 7.80. The van der Waals surface area contributed by atoms with Crippen LogP contribution in [0, 0.1) is 0 Å². The van der Waals surface area contributed by atoms with E-state index < -0.39 is 54.3 Å². The fourth-order valence-corrected chi connectivity index (χ4v) is 2.92. The number of thiol groups is 1. The summed E-state index contributed by atoms with van der Waals surface area (Å²) in [5.74, 6) is -3.50. The van der Waals surface area contributed by atoms with Crippen molar-refractivity contribution in [2.45, 2.75) is 43.8 Å². The number of carbonyl (C=O) groups is 5. The van der Waals surface area contributed by atoms with Gasteiger partial charge in [-0.2, -0.15) is 12.6 Å². The topological polar surface area (TPSA) is 185 Å². The number of likely N-dealkylation sites (tertiary alicyclic amines) is 1. The Hall–Kier alpha value is -2.34. The Morgan fingerprint density at radius 1 is 1.26 bits per heavy atom. The second kappa shape index (κ2) is 10.7. The molecule has 3 atom stereocenters. The van der Waals surface area contributed by atoms with Crippen LogP contribution in [0.5, 0.6) is 0 Å². The van der Waals surface area contributed by atoms with E-state index in [1.165, 1.54) is 4.90 Å². The number of nitrogens with zero attached hydrogens (tertiary/aromatic N) is 1. The Morgan fingerprint density at radius 3 is 2.48 bits per heavy atom. The first-order valence-electron chi connectivity index (χ1n) is 8.42. The summed E-state index contributed by atoms with van der Waals surface area (Å²) in [6.07, 6.45) is 0.940. The summed E-state index contributed by atoms with van der Waals surface area (Å²) in [7, 11) is 0. The van der Waals surface area contributed by atoms with Gasteiger partial charge in [-0.3, -0.25) is 24.0 Å². The van der Waals surface area contributed by atoms with Crippen molar-refractivity contribution in [2.24, 2.45) is 11.5 Å². The predicted molar refractivity (Wildman–Crippen MR) is 97.6 cm³/mol. The van der Waals surface area contributed by atoms with Crippen molar-refractivity contribution < 1.29 is 29.1 Å². The lowest BCUT2D eigenvalue weighted by Gasteiger charge is -2.28. The second-order valence-corrected chi connectivity index (χ2v) is 6.52. The van der Waals surface area contributed by atoms with E-state index in [0.717, 1.165) is 0 Å². The van der Waals surface area contributed by atoms with Gasteiger partial charge in [-0.1, -0.05) is 0 Å². The molecule has 0 aromatic carbocycles. The van der Waals surface area contributed by atoms with Gasteiger partial charge in [0, 0.05) is 18.7 Å². The van der Waals surface area contributed by atoms with E-state index in [1.807, 2.05) is 0 Å². The van der Waals surface area contributed by atoms with Crippen molar-refractivity contribution in [1.82, 2.24) is 15.5 Å². The van der Waals surface area contributed by atoms with Gasteiger partial charge in [0.05, 0.1) is 6.04 Å². The van der Waals surface area contributed by atoms with E-state index >= 15 is 0 Å². The predicted octanol–water partition coefficient (Wildman–Crippen LogP) is -2.81. The van der Waals surface area contributed by atoms with Crippen LogP contribution < -0.4 is 22.1 Å². The molecule has 0 aromatic rings. The van der Waals surface area contributed by atoms with Gasteiger partial charge in [0.15, 0.2) is 0 Å². The molecule has 0 radical (unpaired) electrons. The highest BCUT2D eigenvalue weighted by Gasteiger charge is 2.37. The lowest BCUT2D eigenvalue weighted by molar-refractivity contribution is -0.142. The Kier molecular flexibility index (Phi) is 9.02. The molecule has 27 heavy (non-hydrogen) atoms. The van der Waals surface area contributed by atoms with Crippen molar-refractivity contribution in [1.29, 1.82) is 0 Å². The molecule has 1 saturated heterocycles. The monoisotopic (exact) mass is 403 g/mol. The third kappa shape index (κ3) is 7.06. The molecule has 3 unspecified atom stereocenters. The number of rotatable bonds is 10. The Bertz CT molecular complexity index is 601. The summed E-state index contributed by atoms with van der Waals surface area (Å²) >= 11 is 4.07. The summed E-state index contributed by atoms with van der Waals surface area (Å²) in [6.45, 7) is -0.239. The average Bonchev–Trinajstić information content (AvgIpc) is 3.10. The van der Waals surface area contributed by atoms with Crippen molar-refractivity contribution in [3.05, 3.63) is 0 Å². The van der Waals surface area contributed by atoms with E-state index in [4.69, 9.17) is 16.6 Å². The number of primary amides is 1. The van der Waals surface area contributed by atoms with E-state index in [2.05, 4.69) is 23.3 Å². The van der Waals surface area contributed by atoms with Crippen LogP contribution in [0.3, 0.4) is 0 Å². The van der Waals surface area contributed by atoms with Crippen LogP contribution in [0.25, 0.3) is 0 Å². The molecule has 0 aromatic heterocycles. The van der Waals surface area contributed by atoms with E-state index in [1.54, 1.807) is 0 Å². The molecular formula is C15H25N5O6S. The second-order valence-electron chi connectivity index (χ2n) is 6.16. The molecule has 4 amide bonds. The third-order valence-corrected chi connectivity index (χ3v) is 4.45. The highest BCUT2D eigenvalue weighted by Crippen LogP contribution is 2.19. The minimum atomic E-state index is -1.19. The SMILES string of the molecule is NC(=O)CCC(N)C(=O)NC(CS)C(=O)N1CCCC1C(=O)NCC(=O)O. The lowest BCUT2D eigenvalue weighted by Crippen LogP contribution is -2.56. The molecule has 7 N–H and O–H groups in total. The maximum Gasteiger partial charge on any atom is 0.322 e. The Balaban J connectivity index is 2.69. The van der Waals surface area contributed by atoms with Crippen LogP contribution in [-0.2, 0) is 24.0 Å². The number of carbonyl (C=O) groups excluding carboxylic acids is 4. The van der Waals surface area contributed by atoms with E-state index in [-0.39, 0.29) is 18.6 Å². The van der Waals surface area contributed by atoms with Gasteiger partial charge in [0.2, 0.25) is 23.6 Å². The summed E-state index contributed by atoms with van der Waals surface area (Å²) in [6, 6.07) is -2.83. The van der Waals surface area contributed by atoms with Gasteiger partial charge < -0.3 is 32.1 Å². The molecule has 1 aliphatic rings. The molecule has 1 rings (SSSR count). The first-order chi connectivity index (χ1) is 12.7. The molecule has 11 nitrogen and oxygen atoms in total. The number of hydrogen-bond donors (Lipinski definition) is 6. The van der Waals surface area contributed by atoms with Crippen LogP contribution in [0.2, 0.25) is 0 Å². The van der Waals surface area contributed by atoms with Gasteiger partial charge in [0.1, 0.15) is 18.6 Å². The fourth-order valence-electron chi connectivity index (χ4n) is 2.68. The molecule has 0 spiro atoms. The first kappa shape index (κ1) is 22.7. The number of carboxylic acid groups (broad SMARTS) is 1. The van der Waals surface area contributed by atoms with Crippen LogP contribution >= 0.6 is 12.6 Å². The largest absolute Gasteiger partial charge is 0.480 e. The molecule has 0 bridgehead atoms. The molecule has 152 valence electrons. The van der Waals surface area contributed by atoms with Crippen molar-refractivity contribution >= 4 is 42.2 Å². The smallest absolute Gasteiger partial charge is 0.322 e. The maximum atomic E-state index is 12.7. The van der Waals surface area contributed by atoms with Gasteiger partial charge in [-0.25, -0.2) is 0 Å². The minimum absolute atomic E-state index is 0.0208. The molecule has 12 heteroatoms. The number of nitrogens with one attached hydrogen (secondary N) is 2. The number of carboxylic acids is 1. The molecule has 1 heterocycles. The zero-order valence-corrected chi connectivity index (χ0v) is 15.6. The fraction of sp³-hybridized carbons (Fsp3) is 0.667. The first-order valence-corrected chi connectivity index (χ1v) is 9.05.